The van der Waals surface area contributed by atoms with Crippen molar-refractivity contribution in [2.24, 2.45) is 0 Å². The molecule has 0 spiro atoms. The number of hydrogen-bond donors (Lipinski definition) is 3. The second-order valence-corrected chi connectivity index (χ2v) is 4.19. The molecule has 8 heteroatoms. The van der Waals surface area contributed by atoms with Gasteiger partial charge in [0, 0.05) is 38.5 Å². The Kier molecular flexibility index (Phi) is 6.51. The predicted octanol–water partition coefficient (Wildman–Crippen LogP) is 0.0833. The molecule has 2 amide bonds. The van der Waals surface area contributed by atoms with Gasteiger partial charge in [-0.2, -0.15) is 0 Å². The minimum absolute atomic E-state index is 0.156. The standard InChI is InChI=1S/C12H20N4O4/c1-3-16(4-5-20-2)12(19)15-10(11(17)18)6-9-7-13-8-14-9/h7-8,10H,3-6H2,1-2H3,(H,13,14)(H,15,19)(H,17,18). The van der Waals surface area contributed by atoms with Crippen LogP contribution in [0.2, 0.25) is 0 Å². The zero-order chi connectivity index (χ0) is 15.0. The minimum Gasteiger partial charge on any atom is -0.480 e. The Balaban J connectivity index is 2.60. The fourth-order valence-corrected chi connectivity index (χ4v) is 1.66. The zero-order valence-electron chi connectivity index (χ0n) is 11.6. The summed E-state index contributed by atoms with van der Waals surface area (Å²) in [4.78, 5) is 31.3. The molecule has 8 nitrogen and oxygen atoms in total. The van der Waals surface area contributed by atoms with E-state index in [0.717, 1.165) is 0 Å². The minimum atomic E-state index is -1.09. The van der Waals surface area contributed by atoms with Crippen LogP contribution in [0.15, 0.2) is 12.5 Å². The number of likely N-dealkylation sites (N-methyl/N-ethyl adjacent to an activating group) is 1. The first-order valence-electron chi connectivity index (χ1n) is 6.32. The van der Waals surface area contributed by atoms with Gasteiger partial charge in [0.25, 0.3) is 0 Å². The van der Waals surface area contributed by atoms with Crippen LogP contribution in [-0.4, -0.2) is 64.8 Å². The number of carbonyl (C=O) groups is 2. The number of carboxylic acid groups (broad SMARTS) is 1. The van der Waals surface area contributed by atoms with Gasteiger partial charge >= 0.3 is 12.0 Å². The molecule has 1 atom stereocenters. The monoisotopic (exact) mass is 284 g/mol. The molecule has 1 heterocycles. The number of ether oxygens (including phenoxy) is 1. The third-order valence-electron chi connectivity index (χ3n) is 2.81. The van der Waals surface area contributed by atoms with E-state index in [9.17, 15) is 9.59 Å². The number of amides is 2. The van der Waals surface area contributed by atoms with Gasteiger partial charge in [-0.1, -0.05) is 0 Å². The molecule has 0 aliphatic heterocycles. The molecule has 0 aromatic carbocycles. The fraction of sp³-hybridized carbons (Fsp3) is 0.583. The lowest BCUT2D eigenvalue weighted by Gasteiger charge is -2.23. The van der Waals surface area contributed by atoms with Gasteiger partial charge in [0.15, 0.2) is 0 Å². The van der Waals surface area contributed by atoms with E-state index in [2.05, 4.69) is 15.3 Å². The lowest BCUT2D eigenvalue weighted by Crippen LogP contribution is -2.49. The van der Waals surface area contributed by atoms with Gasteiger partial charge in [-0.25, -0.2) is 14.6 Å². The molecule has 3 N–H and O–H groups in total. The van der Waals surface area contributed by atoms with Gasteiger partial charge in [0.05, 0.1) is 12.9 Å². The van der Waals surface area contributed by atoms with E-state index < -0.39 is 18.0 Å². The Morgan fingerprint density at radius 2 is 2.35 bits per heavy atom. The van der Waals surface area contributed by atoms with Gasteiger partial charge < -0.3 is 25.0 Å². The summed E-state index contributed by atoms with van der Waals surface area (Å²) in [6.45, 7) is 3.11. The van der Waals surface area contributed by atoms with Gasteiger partial charge in [0.2, 0.25) is 0 Å². The molecule has 0 fully saturated rings. The number of urea groups is 1. The van der Waals surface area contributed by atoms with Crippen LogP contribution in [0.25, 0.3) is 0 Å². The molecule has 1 rings (SSSR count). The molecule has 20 heavy (non-hydrogen) atoms. The molecule has 0 radical (unpaired) electrons. The lowest BCUT2D eigenvalue weighted by atomic mass is 10.1. The Morgan fingerprint density at radius 3 is 2.85 bits per heavy atom. The second kappa shape index (κ2) is 8.16. The Labute approximate surface area is 117 Å². The van der Waals surface area contributed by atoms with Crippen LogP contribution >= 0.6 is 0 Å². The first-order chi connectivity index (χ1) is 9.58. The molecule has 0 aliphatic rings. The van der Waals surface area contributed by atoms with Crippen LogP contribution in [0.4, 0.5) is 4.79 Å². The Hall–Kier alpha value is -2.09. The molecule has 0 aliphatic carbocycles. The van der Waals surface area contributed by atoms with Crippen molar-refractivity contribution in [2.75, 3.05) is 26.8 Å². The third kappa shape index (κ3) is 4.88. The number of nitrogens with one attached hydrogen (secondary N) is 2. The molecule has 1 aromatic heterocycles. The van der Waals surface area contributed by atoms with Crippen LogP contribution in [0.5, 0.6) is 0 Å². The summed E-state index contributed by atoms with van der Waals surface area (Å²) >= 11 is 0. The van der Waals surface area contributed by atoms with E-state index >= 15 is 0 Å². The van der Waals surface area contributed by atoms with Crippen LogP contribution in [0, 0.1) is 0 Å². The quantitative estimate of drug-likeness (QED) is 0.626. The molecule has 1 aromatic rings. The molecular formula is C12H20N4O4. The number of imidazole rings is 1. The normalized spacial score (nSPS) is 11.9. The maximum atomic E-state index is 12.0. The highest BCUT2D eigenvalue weighted by Gasteiger charge is 2.23. The highest BCUT2D eigenvalue weighted by Crippen LogP contribution is 2.00. The average Bonchev–Trinajstić information content (AvgIpc) is 2.91. The zero-order valence-corrected chi connectivity index (χ0v) is 11.6. The van der Waals surface area contributed by atoms with Crippen LogP contribution < -0.4 is 5.32 Å². The van der Waals surface area contributed by atoms with Crippen molar-refractivity contribution in [2.45, 2.75) is 19.4 Å². The summed E-state index contributed by atoms with van der Waals surface area (Å²) in [6, 6.07) is -1.42. The van der Waals surface area contributed by atoms with Crippen molar-refractivity contribution >= 4 is 12.0 Å². The first-order valence-corrected chi connectivity index (χ1v) is 6.32. The summed E-state index contributed by atoms with van der Waals surface area (Å²) in [5, 5.41) is 11.7. The van der Waals surface area contributed by atoms with Crippen molar-refractivity contribution in [3.8, 4) is 0 Å². The lowest BCUT2D eigenvalue weighted by molar-refractivity contribution is -0.139. The summed E-state index contributed by atoms with van der Waals surface area (Å²) in [5.74, 6) is -1.09. The van der Waals surface area contributed by atoms with Crippen LogP contribution in [0.3, 0.4) is 0 Å². The highest BCUT2D eigenvalue weighted by atomic mass is 16.5. The van der Waals surface area contributed by atoms with Crippen LogP contribution in [0.1, 0.15) is 12.6 Å². The van der Waals surface area contributed by atoms with Crippen molar-refractivity contribution in [3.05, 3.63) is 18.2 Å². The number of aliphatic carboxylic acids is 1. The molecule has 0 saturated heterocycles. The number of nitrogens with zero attached hydrogens (tertiary/aromatic N) is 2. The van der Waals surface area contributed by atoms with E-state index in [-0.39, 0.29) is 6.42 Å². The fourth-order valence-electron chi connectivity index (χ4n) is 1.66. The molecular weight excluding hydrogens is 264 g/mol. The summed E-state index contributed by atoms with van der Waals surface area (Å²) in [7, 11) is 1.55. The van der Waals surface area contributed by atoms with E-state index in [1.165, 1.54) is 17.4 Å². The summed E-state index contributed by atoms with van der Waals surface area (Å²) < 4.78 is 4.91. The van der Waals surface area contributed by atoms with Gasteiger partial charge in [0.1, 0.15) is 6.04 Å². The number of H-pyrrole nitrogens is 1. The Morgan fingerprint density at radius 1 is 1.60 bits per heavy atom. The SMILES string of the molecule is CCN(CCOC)C(=O)NC(Cc1cnc[nH]1)C(=O)O. The topological polar surface area (TPSA) is 108 Å². The number of hydrogen-bond acceptors (Lipinski definition) is 4. The van der Waals surface area contributed by atoms with Crippen molar-refractivity contribution < 1.29 is 19.4 Å². The number of carbonyl (C=O) groups excluding carboxylic acids is 1. The van der Waals surface area contributed by atoms with E-state index in [0.29, 0.717) is 25.4 Å². The maximum absolute atomic E-state index is 12.0. The smallest absolute Gasteiger partial charge is 0.326 e. The molecule has 0 saturated carbocycles. The van der Waals surface area contributed by atoms with Crippen molar-refractivity contribution in [3.63, 3.8) is 0 Å². The third-order valence-corrected chi connectivity index (χ3v) is 2.81. The van der Waals surface area contributed by atoms with E-state index in [4.69, 9.17) is 9.84 Å². The summed E-state index contributed by atoms with van der Waals surface area (Å²) in [6.07, 6.45) is 3.15. The van der Waals surface area contributed by atoms with Gasteiger partial charge in [-0.3, -0.25) is 0 Å². The van der Waals surface area contributed by atoms with E-state index in [1.54, 1.807) is 7.11 Å². The molecule has 1 unspecified atom stereocenters. The molecule has 112 valence electrons. The van der Waals surface area contributed by atoms with E-state index in [1.807, 2.05) is 6.92 Å². The first kappa shape index (κ1) is 16.0. The average molecular weight is 284 g/mol. The largest absolute Gasteiger partial charge is 0.480 e. The number of carboxylic acids is 1. The van der Waals surface area contributed by atoms with Crippen molar-refractivity contribution in [1.29, 1.82) is 0 Å². The number of aromatic nitrogens is 2. The highest BCUT2D eigenvalue weighted by molar-refractivity contribution is 5.82. The van der Waals surface area contributed by atoms with Gasteiger partial charge in [-0.15, -0.1) is 0 Å². The number of methoxy groups -OCH3 is 1. The summed E-state index contributed by atoms with van der Waals surface area (Å²) in [5.41, 5.74) is 0.651. The van der Waals surface area contributed by atoms with Gasteiger partial charge in [-0.05, 0) is 6.92 Å². The second-order valence-electron chi connectivity index (χ2n) is 4.19. The van der Waals surface area contributed by atoms with Crippen LogP contribution in [-0.2, 0) is 16.0 Å². The maximum Gasteiger partial charge on any atom is 0.326 e. The number of rotatable bonds is 8. The van der Waals surface area contributed by atoms with Crippen molar-refractivity contribution in [1.82, 2.24) is 20.2 Å². The Bertz CT molecular complexity index is 421. The number of aromatic amines is 1. The predicted molar refractivity (Wildman–Crippen MR) is 71.4 cm³/mol. The molecule has 0 bridgehead atoms.